The highest BCUT2D eigenvalue weighted by Gasteiger charge is 2.59. The molecule has 3 saturated carbocycles. The Bertz CT molecular complexity index is 1180. The van der Waals surface area contributed by atoms with Gasteiger partial charge in [0.2, 0.25) is 0 Å². The molecule has 0 aromatic heterocycles. The lowest BCUT2D eigenvalue weighted by molar-refractivity contribution is -0.0526. The number of carbonyl (C=O) groups is 1. The van der Waals surface area contributed by atoms with Crippen molar-refractivity contribution in [3.8, 4) is 5.75 Å². The summed E-state index contributed by atoms with van der Waals surface area (Å²) in [6, 6.07) is 7.62. The maximum Gasteiger partial charge on any atom is 0.338 e. The summed E-state index contributed by atoms with van der Waals surface area (Å²) in [5, 5.41) is 0. The van der Waals surface area contributed by atoms with Gasteiger partial charge in [-0.2, -0.15) is 0 Å². The zero-order chi connectivity index (χ0) is 32.2. The van der Waals surface area contributed by atoms with Crippen LogP contribution in [-0.2, 0) is 4.74 Å². The Morgan fingerprint density at radius 2 is 1.71 bits per heavy atom. The minimum absolute atomic E-state index is 0.215. The number of benzene rings is 1. The molecule has 0 N–H and O–H groups in total. The molecule has 0 aliphatic heterocycles. The van der Waals surface area contributed by atoms with E-state index >= 15 is 0 Å². The predicted octanol–water partition coefficient (Wildman–Crippen LogP) is 11.6. The molecule has 0 heterocycles. The first-order valence-corrected chi connectivity index (χ1v) is 18.9. The van der Waals surface area contributed by atoms with Gasteiger partial charge in [-0.1, -0.05) is 91.5 Å². The molecule has 0 spiro atoms. The molecule has 45 heavy (non-hydrogen) atoms. The van der Waals surface area contributed by atoms with Crippen LogP contribution in [0.3, 0.4) is 0 Å². The standard InChI is InChI=1S/C42H64O3/c1-8-10-11-12-27-44-40(43)32-15-18-34(19-16-32)45-35-23-25-41(6)33(28-35)17-20-36-38-22-21-37(42(38,7)26-24-39(36)41)30(5)13-14-31(9-2)29(3)4/h13-19,29-31,35-39H,8-12,20-28H2,1-7H3. The lowest BCUT2D eigenvalue weighted by atomic mass is 9.47. The molecule has 3 fully saturated rings. The van der Waals surface area contributed by atoms with E-state index in [9.17, 15) is 4.79 Å². The second-order valence-corrected chi connectivity index (χ2v) is 16.3. The Labute approximate surface area is 276 Å². The third-order valence-corrected chi connectivity index (χ3v) is 13.4. The number of hydrogen-bond donors (Lipinski definition) is 0. The van der Waals surface area contributed by atoms with E-state index in [0.29, 0.717) is 34.8 Å². The monoisotopic (exact) mass is 616 g/mol. The number of unbranched alkanes of at least 4 members (excludes halogenated alkanes) is 3. The van der Waals surface area contributed by atoms with Crippen molar-refractivity contribution >= 4 is 5.97 Å². The van der Waals surface area contributed by atoms with Gasteiger partial charge in [0.1, 0.15) is 11.9 Å². The second-order valence-electron chi connectivity index (χ2n) is 16.3. The molecule has 3 heteroatoms. The summed E-state index contributed by atoms with van der Waals surface area (Å²) >= 11 is 0. The van der Waals surface area contributed by atoms with E-state index < -0.39 is 0 Å². The van der Waals surface area contributed by atoms with Crippen LogP contribution in [0, 0.1) is 52.3 Å². The molecule has 1 aromatic carbocycles. The van der Waals surface area contributed by atoms with Gasteiger partial charge in [-0.15, -0.1) is 0 Å². The summed E-state index contributed by atoms with van der Waals surface area (Å²) in [7, 11) is 0. The van der Waals surface area contributed by atoms with Crippen molar-refractivity contribution in [1.29, 1.82) is 0 Å². The molecule has 4 aliphatic rings. The number of hydrogen-bond acceptors (Lipinski definition) is 3. The van der Waals surface area contributed by atoms with Gasteiger partial charge in [0, 0.05) is 6.42 Å². The molecule has 5 rings (SSSR count). The number of carbonyl (C=O) groups excluding carboxylic acids is 1. The first-order valence-electron chi connectivity index (χ1n) is 18.9. The molecular formula is C42H64O3. The van der Waals surface area contributed by atoms with Crippen molar-refractivity contribution in [2.75, 3.05) is 6.61 Å². The summed E-state index contributed by atoms with van der Waals surface area (Å²) in [6.45, 7) is 17.6. The van der Waals surface area contributed by atoms with Gasteiger partial charge in [-0.25, -0.2) is 4.79 Å². The van der Waals surface area contributed by atoms with Crippen LogP contribution in [0.2, 0.25) is 0 Å². The van der Waals surface area contributed by atoms with E-state index in [1.54, 1.807) is 5.57 Å². The van der Waals surface area contributed by atoms with Crippen LogP contribution in [0.25, 0.3) is 0 Å². The molecule has 0 saturated heterocycles. The Morgan fingerprint density at radius 1 is 0.933 bits per heavy atom. The highest BCUT2D eigenvalue weighted by atomic mass is 16.5. The number of esters is 1. The molecule has 4 aliphatic carbocycles. The number of ether oxygens (including phenoxy) is 2. The third kappa shape index (κ3) is 7.28. The molecule has 0 radical (unpaired) electrons. The number of rotatable bonds is 13. The predicted molar refractivity (Wildman–Crippen MR) is 187 cm³/mol. The fourth-order valence-corrected chi connectivity index (χ4v) is 10.6. The fraction of sp³-hybridized carbons (Fsp3) is 0.738. The van der Waals surface area contributed by atoms with Gasteiger partial charge < -0.3 is 9.47 Å². The molecule has 3 nitrogen and oxygen atoms in total. The molecule has 1 aromatic rings. The summed E-state index contributed by atoms with van der Waals surface area (Å²) in [4.78, 5) is 12.4. The molecule has 0 bridgehead atoms. The van der Waals surface area contributed by atoms with Crippen LogP contribution in [0.1, 0.15) is 142 Å². The van der Waals surface area contributed by atoms with E-state index in [4.69, 9.17) is 9.47 Å². The molecule has 9 atom stereocenters. The van der Waals surface area contributed by atoms with Crippen molar-refractivity contribution in [1.82, 2.24) is 0 Å². The van der Waals surface area contributed by atoms with Crippen molar-refractivity contribution in [2.45, 2.75) is 138 Å². The van der Waals surface area contributed by atoms with Crippen molar-refractivity contribution in [3.63, 3.8) is 0 Å². The minimum atomic E-state index is -0.229. The van der Waals surface area contributed by atoms with E-state index in [2.05, 4.69) is 66.7 Å². The maximum atomic E-state index is 12.4. The average Bonchev–Trinajstić information content (AvgIpc) is 3.39. The van der Waals surface area contributed by atoms with E-state index in [1.165, 1.54) is 57.8 Å². The van der Waals surface area contributed by atoms with Gasteiger partial charge in [0.25, 0.3) is 0 Å². The molecule has 0 amide bonds. The van der Waals surface area contributed by atoms with Crippen molar-refractivity contribution in [3.05, 3.63) is 53.6 Å². The molecule has 9 unspecified atom stereocenters. The SMILES string of the molecule is CCCCCCOC(=O)c1ccc(OC2CCC3(C)C(=CCC4C3CCC3(C)C(C(C)C=CC(CC)C(C)C)CCC43)C2)cc1. The Kier molecular flexibility index (Phi) is 11.3. The molecule has 250 valence electrons. The lowest BCUT2D eigenvalue weighted by Gasteiger charge is -2.58. The summed E-state index contributed by atoms with van der Waals surface area (Å²) in [5.74, 6) is 6.11. The highest BCUT2D eigenvalue weighted by Crippen LogP contribution is 2.67. The van der Waals surface area contributed by atoms with Crippen molar-refractivity contribution in [2.24, 2.45) is 52.3 Å². The summed E-state index contributed by atoms with van der Waals surface area (Å²) in [5.41, 5.74) is 3.08. The van der Waals surface area contributed by atoms with Crippen LogP contribution in [0.15, 0.2) is 48.1 Å². The zero-order valence-corrected chi connectivity index (χ0v) is 29.8. The second kappa shape index (κ2) is 14.8. The quantitative estimate of drug-likeness (QED) is 0.126. The van der Waals surface area contributed by atoms with Crippen LogP contribution in [0.4, 0.5) is 0 Å². The first-order chi connectivity index (χ1) is 21.6. The van der Waals surface area contributed by atoms with Gasteiger partial charge in [-0.3, -0.25) is 0 Å². The van der Waals surface area contributed by atoms with Crippen molar-refractivity contribution < 1.29 is 14.3 Å². The Balaban J connectivity index is 1.18. The highest BCUT2D eigenvalue weighted by molar-refractivity contribution is 5.89. The van der Waals surface area contributed by atoms with Gasteiger partial charge in [0.15, 0.2) is 0 Å². The van der Waals surface area contributed by atoms with Crippen LogP contribution >= 0.6 is 0 Å². The van der Waals surface area contributed by atoms with Crippen LogP contribution in [0.5, 0.6) is 5.75 Å². The number of fused-ring (bicyclic) bond motifs is 5. The Morgan fingerprint density at radius 3 is 2.42 bits per heavy atom. The van der Waals surface area contributed by atoms with Crippen LogP contribution < -0.4 is 4.74 Å². The number of allylic oxidation sites excluding steroid dienone is 3. The summed E-state index contributed by atoms with van der Waals surface area (Å²) in [6.07, 6.45) is 24.0. The maximum absolute atomic E-state index is 12.4. The minimum Gasteiger partial charge on any atom is -0.490 e. The zero-order valence-electron chi connectivity index (χ0n) is 29.8. The normalized spacial score (nSPS) is 34.0. The largest absolute Gasteiger partial charge is 0.490 e. The van der Waals surface area contributed by atoms with E-state index in [1.807, 2.05) is 24.3 Å². The average molecular weight is 617 g/mol. The van der Waals surface area contributed by atoms with E-state index in [0.717, 1.165) is 61.0 Å². The third-order valence-electron chi connectivity index (χ3n) is 13.4. The Hall–Kier alpha value is -2.03. The summed E-state index contributed by atoms with van der Waals surface area (Å²) < 4.78 is 12.0. The van der Waals surface area contributed by atoms with Gasteiger partial charge >= 0.3 is 5.97 Å². The van der Waals surface area contributed by atoms with Crippen LogP contribution in [-0.4, -0.2) is 18.7 Å². The topological polar surface area (TPSA) is 35.5 Å². The smallest absolute Gasteiger partial charge is 0.338 e. The first kappa shape index (κ1) is 34.3. The fourth-order valence-electron chi connectivity index (χ4n) is 10.6. The van der Waals surface area contributed by atoms with Gasteiger partial charge in [-0.05, 0) is 134 Å². The molecular weight excluding hydrogens is 552 g/mol. The van der Waals surface area contributed by atoms with E-state index in [-0.39, 0.29) is 12.1 Å². The lowest BCUT2D eigenvalue weighted by Crippen LogP contribution is -2.51. The van der Waals surface area contributed by atoms with Gasteiger partial charge in [0.05, 0.1) is 12.2 Å².